The molecule has 0 saturated heterocycles. The Morgan fingerprint density at radius 3 is 2.04 bits per heavy atom. The van der Waals surface area contributed by atoms with Crippen LogP contribution in [0.15, 0.2) is 12.3 Å². The van der Waals surface area contributed by atoms with Gasteiger partial charge in [0.05, 0.1) is 12.9 Å². The van der Waals surface area contributed by atoms with Crippen LogP contribution in [-0.2, 0) is 14.2 Å². The number of allylic oxidation sites excluding steroid dienone is 1. The molecule has 0 aliphatic carbocycles. The molecule has 0 heterocycles. The molecule has 0 aliphatic rings. The Bertz CT molecular complexity index is 289. The lowest BCUT2D eigenvalue weighted by molar-refractivity contribution is -0.169. The van der Waals surface area contributed by atoms with E-state index >= 15 is 0 Å². The fraction of sp³-hybridized carbons (Fsp3) is 0.905. The largest absolute Gasteiger partial charge is 0.502 e. The van der Waals surface area contributed by atoms with Crippen LogP contribution in [0, 0.1) is 0 Å². The summed E-state index contributed by atoms with van der Waals surface area (Å²) in [5.41, 5.74) is 0. The molecule has 0 atom stereocenters. The second kappa shape index (κ2) is 18.6. The van der Waals surface area contributed by atoms with Gasteiger partial charge in [-0.15, -0.1) is 0 Å². The van der Waals surface area contributed by atoms with Crippen molar-refractivity contribution in [2.75, 3.05) is 25.6 Å². The summed E-state index contributed by atoms with van der Waals surface area (Å²) in [5.74, 6) is 0.996. The summed E-state index contributed by atoms with van der Waals surface area (Å²) in [5, 5.41) is -0.466. The van der Waals surface area contributed by atoms with E-state index < -0.39 is 5.12 Å². The highest BCUT2D eigenvalue weighted by Crippen LogP contribution is 2.34. The minimum atomic E-state index is -0.466. The quantitative estimate of drug-likeness (QED) is 0.139. The summed E-state index contributed by atoms with van der Waals surface area (Å²) in [6.45, 7) is 10.6. The number of hydrogen-bond acceptors (Lipinski definition) is 4. The molecule has 0 aromatic rings. The number of hydrogen-bond donors (Lipinski definition) is 0. The summed E-state index contributed by atoms with van der Waals surface area (Å²) in [6, 6.07) is 0. The van der Waals surface area contributed by atoms with Crippen LogP contribution in [0.3, 0.4) is 0 Å². The number of ether oxygens (including phenoxy) is 3. The first-order valence-electron chi connectivity index (χ1n) is 10.4. The molecule has 0 aromatic heterocycles. The molecule has 0 radical (unpaired) electrons. The van der Waals surface area contributed by atoms with Gasteiger partial charge in [-0.05, 0) is 33.1 Å². The lowest BCUT2D eigenvalue weighted by Gasteiger charge is -2.32. The van der Waals surface area contributed by atoms with Crippen molar-refractivity contribution in [2.45, 2.75) is 97.0 Å². The Hall–Kier alpha value is -0.190. The molecule has 0 N–H and O–H groups in total. The Morgan fingerprint density at radius 1 is 0.800 bits per heavy atom. The molecule has 0 aliphatic heterocycles. The Balaban J connectivity index is 4.12. The Kier molecular flexibility index (Phi) is 18.5. The van der Waals surface area contributed by atoms with Gasteiger partial charge in [-0.2, -0.15) is 0 Å². The molecule has 0 bridgehead atoms. The first kappa shape index (κ1) is 24.8. The maximum absolute atomic E-state index is 6.05. The second-order valence-electron chi connectivity index (χ2n) is 6.27. The minimum Gasteiger partial charge on any atom is -0.502 e. The van der Waals surface area contributed by atoms with E-state index in [-0.39, 0.29) is 0 Å². The molecule has 3 nitrogen and oxygen atoms in total. The highest BCUT2D eigenvalue weighted by molar-refractivity contribution is 8.00. The van der Waals surface area contributed by atoms with Crippen LogP contribution in [0.25, 0.3) is 0 Å². The third-order valence-corrected chi connectivity index (χ3v) is 5.34. The van der Waals surface area contributed by atoms with E-state index in [2.05, 4.69) is 27.7 Å². The molecule has 0 fully saturated rings. The number of thioether (sulfide) groups is 1. The average Bonchev–Trinajstić information content (AvgIpc) is 2.61. The van der Waals surface area contributed by atoms with Crippen LogP contribution in [0.4, 0.5) is 0 Å². The standard InChI is InChI=1S/C21H42O3S/c1-5-9-11-12-13-14-15-17-21(23-7-3,24-8-4)25-20-16-19-22-18-10-6-2/h10,18H,5-9,11-17,19-20H2,1-4H3. The van der Waals surface area contributed by atoms with Crippen molar-refractivity contribution >= 4 is 11.8 Å². The molecule has 0 amide bonds. The topological polar surface area (TPSA) is 27.7 Å². The molecule has 0 spiro atoms. The van der Waals surface area contributed by atoms with Gasteiger partial charge in [-0.25, -0.2) is 0 Å². The first-order valence-corrected chi connectivity index (χ1v) is 11.4. The highest BCUT2D eigenvalue weighted by Gasteiger charge is 2.31. The van der Waals surface area contributed by atoms with E-state index in [9.17, 15) is 0 Å². The van der Waals surface area contributed by atoms with Crippen molar-refractivity contribution in [3.63, 3.8) is 0 Å². The van der Waals surface area contributed by atoms with Crippen LogP contribution in [0.1, 0.15) is 91.9 Å². The van der Waals surface area contributed by atoms with Gasteiger partial charge in [-0.1, -0.05) is 70.2 Å². The van der Waals surface area contributed by atoms with E-state index in [1.165, 1.54) is 44.9 Å². The van der Waals surface area contributed by atoms with E-state index in [4.69, 9.17) is 14.2 Å². The van der Waals surface area contributed by atoms with Crippen molar-refractivity contribution in [1.29, 1.82) is 0 Å². The van der Waals surface area contributed by atoms with Gasteiger partial charge in [0.25, 0.3) is 0 Å². The number of rotatable bonds is 19. The summed E-state index contributed by atoms with van der Waals surface area (Å²) in [6.07, 6.45) is 16.0. The third kappa shape index (κ3) is 14.6. The van der Waals surface area contributed by atoms with Crippen molar-refractivity contribution in [3.8, 4) is 0 Å². The van der Waals surface area contributed by atoms with Gasteiger partial charge in [0.15, 0.2) is 0 Å². The van der Waals surface area contributed by atoms with Crippen molar-refractivity contribution in [3.05, 3.63) is 12.3 Å². The summed E-state index contributed by atoms with van der Waals surface area (Å²) >= 11 is 1.81. The van der Waals surface area contributed by atoms with Crippen molar-refractivity contribution in [2.24, 2.45) is 0 Å². The predicted molar refractivity (Wildman–Crippen MR) is 111 cm³/mol. The van der Waals surface area contributed by atoms with E-state index in [1.807, 2.05) is 12.3 Å². The van der Waals surface area contributed by atoms with Crippen LogP contribution in [0.2, 0.25) is 0 Å². The van der Waals surface area contributed by atoms with Crippen molar-refractivity contribution < 1.29 is 14.2 Å². The molecule has 0 aromatic carbocycles. The van der Waals surface area contributed by atoms with Gasteiger partial charge < -0.3 is 14.2 Å². The smallest absolute Gasteiger partial charge is 0.218 e. The lowest BCUT2D eigenvalue weighted by atomic mass is 10.1. The van der Waals surface area contributed by atoms with E-state index in [0.29, 0.717) is 13.2 Å². The SMILES string of the molecule is CCC=COCCCSC(CCCCCCCCC)(OCC)OCC. The van der Waals surface area contributed by atoms with Crippen LogP contribution in [-0.4, -0.2) is 30.7 Å². The van der Waals surface area contributed by atoms with Gasteiger partial charge in [0.1, 0.15) is 0 Å². The third-order valence-electron chi connectivity index (χ3n) is 3.97. The second-order valence-corrected chi connectivity index (χ2v) is 7.59. The summed E-state index contributed by atoms with van der Waals surface area (Å²) < 4.78 is 17.6. The fourth-order valence-electron chi connectivity index (χ4n) is 2.68. The van der Waals surface area contributed by atoms with Gasteiger partial charge in [-0.3, -0.25) is 0 Å². The van der Waals surface area contributed by atoms with Gasteiger partial charge in [0, 0.05) is 25.4 Å². The van der Waals surface area contributed by atoms with Crippen molar-refractivity contribution in [1.82, 2.24) is 0 Å². The molecular formula is C21H42O3S. The van der Waals surface area contributed by atoms with E-state index in [1.54, 1.807) is 11.8 Å². The zero-order valence-corrected chi connectivity index (χ0v) is 18.0. The highest BCUT2D eigenvalue weighted by atomic mass is 32.2. The first-order chi connectivity index (χ1) is 12.2. The fourth-order valence-corrected chi connectivity index (χ4v) is 3.95. The maximum atomic E-state index is 6.05. The maximum Gasteiger partial charge on any atom is 0.218 e. The summed E-state index contributed by atoms with van der Waals surface area (Å²) in [7, 11) is 0. The monoisotopic (exact) mass is 374 g/mol. The molecule has 0 unspecified atom stereocenters. The van der Waals surface area contributed by atoms with Crippen LogP contribution >= 0.6 is 11.8 Å². The summed E-state index contributed by atoms with van der Waals surface area (Å²) in [4.78, 5) is 0. The molecule has 0 rings (SSSR count). The lowest BCUT2D eigenvalue weighted by Crippen LogP contribution is -2.33. The molecule has 4 heteroatoms. The van der Waals surface area contributed by atoms with E-state index in [0.717, 1.165) is 31.6 Å². The molecule has 25 heavy (non-hydrogen) atoms. The normalized spacial score (nSPS) is 12.2. The zero-order chi connectivity index (χ0) is 18.6. The van der Waals surface area contributed by atoms with Gasteiger partial charge >= 0.3 is 0 Å². The minimum absolute atomic E-state index is 0.466. The van der Waals surface area contributed by atoms with Crippen LogP contribution in [0.5, 0.6) is 0 Å². The average molecular weight is 375 g/mol. The number of unbranched alkanes of at least 4 members (excludes halogenated alkanes) is 6. The molecular weight excluding hydrogens is 332 g/mol. The zero-order valence-electron chi connectivity index (χ0n) is 17.2. The Labute approximate surface area is 161 Å². The predicted octanol–water partition coefficient (Wildman–Crippen LogP) is 6.92. The molecule has 0 saturated carbocycles. The van der Waals surface area contributed by atoms with Gasteiger partial charge in [0.2, 0.25) is 5.12 Å². The van der Waals surface area contributed by atoms with Crippen LogP contribution < -0.4 is 0 Å². The molecule has 150 valence electrons. The Morgan fingerprint density at radius 2 is 1.44 bits per heavy atom.